The van der Waals surface area contributed by atoms with E-state index in [0.29, 0.717) is 49.5 Å². The molecule has 2 aliphatic heterocycles. The van der Waals surface area contributed by atoms with Crippen LogP contribution in [0.4, 0.5) is 11.5 Å². The number of amides is 2. The summed E-state index contributed by atoms with van der Waals surface area (Å²) in [4.78, 5) is 41.4. The number of piperidine rings is 1. The van der Waals surface area contributed by atoms with Crippen molar-refractivity contribution < 1.29 is 14.7 Å². The molecule has 1 aromatic carbocycles. The van der Waals surface area contributed by atoms with Crippen molar-refractivity contribution in [2.75, 3.05) is 29.9 Å². The standard InChI is InChI=1S/C24H29N7O3/c1-4-31-19-17(29-20(31)21(32)25-13-23(2,3)34)18(26-14-27-19)30-11-9-24(10-12-30)15-7-5-6-8-16(15)28-22(24)33/h5-8,14,34H,4,9-13H2,1-3H3,(H,25,32)(H,28,33). The maximum Gasteiger partial charge on any atom is 0.287 e. The summed E-state index contributed by atoms with van der Waals surface area (Å²) in [6.07, 6.45) is 2.81. The van der Waals surface area contributed by atoms with Crippen LogP contribution in [0.3, 0.4) is 0 Å². The molecule has 5 rings (SSSR count). The van der Waals surface area contributed by atoms with Crippen molar-refractivity contribution in [3.05, 3.63) is 42.0 Å². The summed E-state index contributed by atoms with van der Waals surface area (Å²) < 4.78 is 1.76. The number of rotatable bonds is 5. The number of aryl methyl sites for hydroxylation is 1. The van der Waals surface area contributed by atoms with Gasteiger partial charge >= 0.3 is 0 Å². The van der Waals surface area contributed by atoms with Gasteiger partial charge in [-0.25, -0.2) is 15.0 Å². The molecule has 1 fully saturated rings. The van der Waals surface area contributed by atoms with E-state index in [1.54, 1.807) is 18.4 Å². The molecule has 0 saturated carbocycles. The lowest BCUT2D eigenvalue weighted by Crippen LogP contribution is -2.46. The van der Waals surface area contributed by atoms with E-state index in [1.165, 1.54) is 6.33 Å². The fraction of sp³-hybridized carbons (Fsp3) is 0.458. The molecule has 1 spiro atoms. The van der Waals surface area contributed by atoms with Crippen molar-refractivity contribution >= 4 is 34.5 Å². The molecule has 34 heavy (non-hydrogen) atoms. The van der Waals surface area contributed by atoms with Crippen LogP contribution in [0, 0.1) is 0 Å². The topological polar surface area (TPSA) is 125 Å². The Labute approximate surface area is 197 Å². The van der Waals surface area contributed by atoms with Crippen LogP contribution < -0.4 is 15.5 Å². The summed E-state index contributed by atoms with van der Waals surface area (Å²) in [6, 6.07) is 7.89. The smallest absolute Gasteiger partial charge is 0.287 e. The molecule has 0 bridgehead atoms. The highest BCUT2D eigenvalue weighted by Gasteiger charge is 2.48. The summed E-state index contributed by atoms with van der Waals surface area (Å²) in [5.74, 6) is 0.586. The molecule has 10 nitrogen and oxygen atoms in total. The number of para-hydroxylation sites is 1. The van der Waals surface area contributed by atoms with Crippen LogP contribution >= 0.6 is 0 Å². The predicted octanol–water partition coefficient (Wildman–Crippen LogP) is 1.84. The molecule has 3 N–H and O–H groups in total. The van der Waals surface area contributed by atoms with E-state index < -0.39 is 11.0 Å². The van der Waals surface area contributed by atoms with Gasteiger partial charge in [0, 0.05) is 31.9 Å². The maximum absolute atomic E-state index is 12.9. The minimum absolute atomic E-state index is 0.0576. The largest absolute Gasteiger partial charge is 0.389 e. The maximum atomic E-state index is 12.9. The summed E-state index contributed by atoms with van der Waals surface area (Å²) in [5, 5.41) is 15.7. The Balaban J connectivity index is 1.44. The van der Waals surface area contributed by atoms with Gasteiger partial charge in [0.05, 0.1) is 11.0 Å². The summed E-state index contributed by atoms with van der Waals surface area (Å²) in [5.41, 5.74) is 1.56. The summed E-state index contributed by atoms with van der Waals surface area (Å²) in [6.45, 7) is 7.07. The second kappa shape index (κ2) is 8.05. The molecule has 2 aliphatic rings. The van der Waals surface area contributed by atoms with Crippen LogP contribution in [0.15, 0.2) is 30.6 Å². The van der Waals surface area contributed by atoms with Crippen molar-refractivity contribution in [1.82, 2.24) is 24.8 Å². The number of aromatic nitrogens is 4. The van der Waals surface area contributed by atoms with Gasteiger partial charge in [0.15, 0.2) is 17.0 Å². The Kier molecular flexibility index (Phi) is 5.27. The second-order valence-electron chi connectivity index (χ2n) is 9.61. The average Bonchev–Trinajstić information content (AvgIpc) is 3.33. The SMILES string of the molecule is CCn1c(C(=O)NCC(C)(C)O)nc2c(N3CCC4(CC3)C(=O)Nc3ccccc34)ncnc21. The molecule has 1 saturated heterocycles. The summed E-state index contributed by atoms with van der Waals surface area (Å²) >= 11 is 0. The lowest BCUT2D eigenvalue weighted by Gasteiger charge is -2.38. The molecule has 3 aromatic rings. The van der Waals surface area contributed by atoms with E-state index in [9.17, 15) is 14.7 Å². The number of anilines is 2. The van der Waals surface area contributed by atoms with E-state index in [1.807, 2.05) is 31.2 Å². The van der Waals surface area contributed by atoms with E-state index in [-0.39, 0.29) is 24.2 Å². The van der Waals surface area contributed by atoms with Crippen molar-refractivity contribution in [2.24, 2.45) is 0 Å². The number of carbonyl (C=O) groups is 2. The number of hydrogen-bond donors (Lipinski definition) is 3. The minimum Gasteiger partial charge on any atom is -0.389 e. The van der Waals surface area contributed by atoms with E-state index in [4.69, 9.17) is 0 Å². The van der Waals surface area contributed by atoms with E-state index >= 15 is 0 Å². The number of aliphatic hydroxyl groups is 1. The van der Waals surface area contributed by atoms with Crippen molar-refractivity contribution in [3.63, 3.8) is 0 Å². The van der Waals surface area contributed by atoms with Gasteiger partial charge in [0.25, 0.3) is 5.91 Å². The van der Waals surface area contributed by atoms with Crippen LogP contribution in [-0.2, 0) is 16.8 Å². The average molecular weight is 464 g/mol. The third-order valence-corrected chi connectivity index (χ3v) is 6.76. The van der Waals surface area contributed by atoms with Gasteiger partial charge in [-0.15, -0.1) is 0 Å². The van der Waals surface area contributed by atoms with Gasteiger partial charge in [0.1, 0.15) is 6.33 Å². The molecule has 2 aromatic heterocycles. The zero-order valence-corrected chi connectivity index (χ0v) is 19.6. The Hall–Kier alpha value is -3.53. The van der Waals surface area contributed by atoms with Crippen molar-refractivity contribution in [1.29, 1.82) is 0 Å². The number of fused-ring (bicyclic) bond motifs is 3. The van der Waals surface area contributed by atoms with Crippen LogP contribution in [0.2, 0.25) is 0 Å². The number of nitrogens with one attached hydrogen (secondary N) is 2. The normalized spacial score (nSPS) is 17.2. The predicted molar refractivity (Wildman–Crippen MR) is 128 cm³/mol. The number of hydrogen-bond acceptors (Lipinski definition) is 7. The Morgan fingerprint density at radius 3 is 2.68 bits per heavy atom. The van der Waals surface area contributed by atoms with Gasteiger partial charge in [-0.05, 0) is 45.2 Å². The molecule has 2 amide bonds. The molecule has 0 unspecified atom stereocenters. The number of imidazole rings is 1. The highest BCUT2D eigenvalue weighted by atomic mass is 16.3. The van der Waals surface area contributed by atoms with E-state index in [0.717, 1.165) is 11.3 Å². The molecular formula is C24H29N7O3. The quantitative estimate of drug-likeness (QED) is 0.527. The first-order chi connectivity index (χ1) is 16.2. The fourth-order valence-electron chi connectivity index (χ4n) is 4.97. The van der Waals surface area contributed by atoms with Crippen molar-refractivity contribution in [3.8, 4) is 0 Å². The summed E-state index contributed by atoms with van der Waals surface area (Å²) in [7, 11) is 0. The first-order valence-corrected chi connectivity index (χ1v) is 11.6. The Morgan fingerprint density at radius 2 is 1.97 bits per heavy atom. The molecule has 10 heteroatoms. The Bertz CT molecular complexity index is 1270. The molecule has 178 valence electrons. The lowest BCUT2D eigenvalue weighted by atomic mass is 9.73. The molecular weight excluding hydrogens is 434 g/mol. The van der Waals surface area contributed by atoms with Crippen LogP contribution in [0.25, 0.3) is 11.2 Å². The highest BCUT2D eigenvalue weighted by molar-refractivity contribution is 6.06. The van der Waals surface area contributed by atoms with Gasteiger partial charge < -0.3 is 25.2 Å². The van der Waals surface area contributed by atoms with Crippen LogP contribution in [-0.4, -0.2) is 61.7 Å². The van der Waals surface area contributed by atoms with Gasteiger partial charge in [0.2, 0.25) is 11.7 Å². The minimum atomic E-state index is -1.03. The van der Waals surface area contributed by atoms with E-state index in [2.05, 4.69) is 30.5 Å². The first-order valence-electron chi connectivity index (χ1n) is 11.6. The van der Waals surface area contributed by atoms with Crippen molar-refractivity contribution in [2.45, 2.75) is 51.2 Å². The third kappa shape index (κ3) is 3.58. The molecule has 0 radical (unpaired) electrons. The van der Waals surface area contributed by atoms with Gasteiger partial charge in [-0.3, -0.25) is 9.59 Å². The number of nitrogens with zero attached hydrogens (tertiary/aromatic N) is 5. The number of carbonyl (C=O) groups excluding carboxylic acids is 2. The molecule has 0 aliphatic carbocycles. The lowest BCUT2D eigenvalue weighted by molar-refractivity contribution is -0.121. The zero-order chi connectivity index (χ0) is 24.1. The van der Waals surface area contributed by atoms with Gasteiger partial charge in [-0.2, -0.15) is 0 Å². The molecule has 4 heterocycles. The highest BCUT2D eigenvalue weighted by Crippen LogP contribution is 2.45. The Morgan fingerprint density at radius 1 is 1.24 bits per heavy atom. The second-order valence-corrected chi connectivity index (χ2v) is 9.61. The third-order valence-electron chi connectivity index (χ3n) is 6.76. The first kappa shape index (κ1) is 22.3. The van der Waals surface area contributed by atoms with Crippen LogP contribution in [0.1, 0.15) is 49.8 Å². The number of benzene rings is 1. The van der Waals surface area contributed by atoms with Crippen LogP contribution in [0.5, 0.6) is 0 Å². The van der Waals surface area contributed by atoms with Gasteiger partial charge in [-0.1, -0.05) is 18.2 Å². The fourth-order valence-corrected chi connectivity index (χ4v) is 4.97. The zero-order valence-electron chi connectivity index (χ0n) is 19.6. The monoisotopic (exact) mass is 463 g/mol. The molecule has 0 atom stereocenters.